The van der Waals surface area contributed by atoms with Gasteiger partial charge in [0.2, 0.25) is 0 Å². The van der Waals surface area contributed by atoms with Crippen LogP contribution in [0.4, 0.5) is 17.1 Å². The third-order valence-corrected chi connectivity index (χ3v) is 15.8. The summed E-state index contributed by atoms with van der Waals surface area (Å²) < 4.78 is 4.94. The van der Waals surface area contributed by atoms with Gasteiger partial charge in [0.1, 0.15) is 0 Å². The zero-order valence-corrected chi connectivity index (χ0v) is 40.0. The molecule has 3 heterocycles. The highest BCUT2D eigenvalue weighted by Crippen LogP contribution is 2.54. The molecule has 0 spiro atoms. The standard InChI is InChI=1S/C69H47N3/c1-69(2)59-40-48(50-30-35-57-55-23-9-11-25-63(55)71(67(57)42-50)61-27-13-19-45-16-5-7-21-53(45)61)32-37-65(59)70(52-34-29-44-15-3-4-18-47(44)39-52)66-38-33-49(41-60(66)69)51-31-36-58-56-24-10-12-26-64(56)72(68(58)43-51)62-28-14-20-46-17-6-8-22-54(46)62/h3-43H,1-2H3. The summed E-state index contributed by atoms with van der Waals surface area (Å²) in [6, 6.07) is 92.5. The summed E-state index contributed by atoms with van der Waals surface area (Å²) in [5, 5.41) is 12.4. The van der Waals surface area contributed by atoms with Gasteiger partial charge >= 0.3 is 0 Å². The van der Waals surface area contributed by atoms with Crippen LogP contribution in [0, 0.1) is 0 Å². The highest BCUT2D eigenvalue weighted by atomic mass is 15.2. The number of aromatic nitrogens is 2. The highest BCUT2D eigenvalue weighted by molar-refractivity contribution is 6.13. The first-order valence-electron chi connectivity index (χ1n) is 25.1. The van der Waals surface area contributed by atoms with Crippen LogP contribution in [-0.4, -0.2) is 9.13 Å². The quantitative estimate of drug-likeness (QED) is 0.168. The normalized spacial score (nSPS) is 13.2. The Balaban J connectivity index is 0.918. The second-order valence-electron chi connectivity index (χ2n) is 20.1. The second kappa shape index (κ2) is 15.4. The lowest BCUT2D eigenvalue weighted by atomic mass is 9.72. The summed E-state index contributed by atoms with van der Waals surface area (Å²) in [6.45, 7) is 4.83. The average Bonchev–Trinajstić information content (AvgIpc) is 3.94. The number of nitrogens with zero attached hydrogens (tertiary/aromatic N) is 3. The lowest BCUT2D eigenvalue weighted by Gasteiger charge is -2.42. The Morgan fingerprint density at radius 1 is 0.264 bits per heavy atom. The molecule has 2 aromatic heterocycles. The molecule has 1 aliphatic heterocycles. The first-order valence-corrected chi connectivity index (χ1v) is 25.1. The van der Waals surface area contributed by atoms with E-state index in [1.165, 1.54) is 132 Å². The van der Waals surface area contributed by atoms with Gasteiger partial charge in [-0.15, -0.1) is 0 Å². The van der Waals surface area contributed by atoms with Gasteiger partial charge < -0.3 is 14.0 Å². The Hall–Kier alpha value is -9.18. The number of anilines is 3. The summed E-state index contributed by atoms with van der Waals surface area (Å²) in [5.41, 5.74) is 17.8. The van der Waals surface area contributed by atoms with Gasteiger partial charge in [-0.05, 0) is 128 Å². The molecule has 1 aliphatic rings. The molecule has 14 aromatic rings. The van der Waals surface area contributed by atoms with Crippen molar-refractivity contribution < 1.29 is 0 Å². The fourth-order valence-electron chi connectivity index (χ4n) is 12.3. The minimum atomic E-state index is -0.353. The van der Waals surface area contributed by atoms with Crippen molar-refractivity contribution >= 4 is 93.0 Å². The van der Waals surface area contributed by atoms with Crippen LogP contribution in [0.3, 0.4) is 0 Å². The van der Waals surface area contributed by atoms with Gasteiger partial charge in [0.05, 0.1) is 44.8 Å². The number of benzene rings is 12. The minimum Gasteiger partial charge on any atom is -0.310 e. The largest absolute Gasteiger partial charge is 0.310 e. The van der Waals surface area contributed by atoms with Crippen LogP contribution in [0.5, 0.6) is 0 Å². The summed E-state index contributed by atoms with van der Waals surface area (Å²) in [7, 11) is 0. The predicted octanol–water partition coefficient (Wildman–Crippen LogP) is 18.8. The van der Waals surface area contributed by atoms with Crippen LogP contribution >= 0.6 is 0 Å². The Labute approximate surface area is 417 Å². The van der Waals surface area contributed by atoms with Crippen LogP contribution in [0.1, 0.15) is 25.0 Å². The van der Waals surface area contributed by atoms with Crippen LogP contribution in [0.2, 0.25) is 0 Å². The number of para-hydroxylation sites is 2. The summed E-state index contributed by atoms with van der Waals surface area (Å²) in [5.74, 6) is 0. The number of hydrogen-bond donors (Lipinski definition) is 0. The topological polar surface area (TPSA) is 13.1 Å². The third-order valence-electron chi connectivity index (χ3n) is 15.8. The molecule has 0 unspecified atom stereocenters. The second-order valence-corrected chi connectivity index (χ2v) is 20.1. The maximum absolute atomic E-state index is 2.50. The average molecular weight is 918 g/mol. The molecule has 3 heteroatoms. The molecule has 12 aromatic carbocycles. The van der Waals surface area contributed by atoms with Crippen LogP contribution in [-0.2, 0) is 5.41 Å². The lowest BCUT2D eigenvalue weighted by molar-refractivity contribution is 0.632. The Kier molecular flexibility index (Phi) is 8.71. The molecular formula is C69H47N3. The Bertz CT molecular complexity index is 4300. The van der Waals surface area contributed by atoms with Crippen LogP contribution in [0.15, 0.2) is 249 Å². The molecule has 0 aliphatic carbocycles. The molecule has 0 atom stereocenters. The number of rotatable bonds is 5. The summed E-state index contributed by atoms with van der Waals surface area (Å²) in [6.07, 6.45) is 0. The van der Waals surface area contributed by atoms with Crippen molar-refractivity contribution in [1.82, 2.24) is 9.13 Å². The van der Waals surface area contributed by atoms with Crippen molar-refractivity contribution in [3.8, 4) is 33.6 Å². The van der Waals surface area contributed by atoms with Crippen molar-refractivity contribution in [2.45, 2.75) is 19.3 Å². The molecule has 0 N–H and O–H groups in total. The van der Waals surface area contributed by atoms with Crippen molar-refractivity contribution in [2.75, 3.05) is 4.90 Å². The zero-order chi connectivity index (χ0) is 47.7. The van der Waals surface area contributed by atoms with Crippen molar-refractivity contribution in [2.24, 2.45) is 0 Å². The fourth-order valence-corrected chi connectivity index (χ4v) is 12.3. The van der Waals surface area contributed by atoms with Crippen LogP contribution < -0.4 is 4.90 Å². The first kappa shape index (κ1) is 40.7. The van der Waals surface area contributed by atoms with Gasteiger partial charge in [-0.25, -0.2) is 0 Å². The van der Waals surface area contributed by atoms with Gasteiger partial charge in [0.15, 0.2) is 0 Å². The molecule has 15 rings (SSSR count). The van der Waals surface area contributed by atoms with E-state index in [1.54, 1.807) is 0 Å². The zero-order valence-electron chi connectivity index (χ0n) is 40.0. The molecular weight excluding hydrogens is 871 g/mol. The van der Waals surface area contributed by atoms with Gasteiger partial charge in [-0.1, -0.05) is 190 Å². The molecule has 0 fully saturated rings. The molecule has 0 saturated carbocycles. The monoisotopic (exact) mass is 917 g/mol. The highest BCUT2D eigenvalue weighted by Gasteiger charge is 2.38. The van der Waals surface area contributed by atoms with Crippen molar-refractivity contribution in [3.63, 3.8) is 0 Å². The molecule has 0 radical (unpaired) electrons. The smallest absolute Gasteiger partial charge is 0.0547 e. The third kappa shape index (κ3) is 5.98. The fraction of sp³-hybridized carbons (Fsp3) is 0.0435. The van der Waals surface area contributed by atoms with Gasteiger partial charge in [-0.2, -0.15) is 0 Å². The van der Waals surface area contributed by atoms with E-state index in [1.807, 2.05) is 0 Å². The van der Waals surface area contributed by atoms with Crippen molar-refractivity contribution in [1.29, 1.82) is 0 Å². The summed E-state index contributed by atoms with van der Waals surface area (Å²) >= 11 is 0. The minimum absolute atomic E-state index is 0.353. The predicted molar refractivity (Wildman–Crippen MR) is 305 cm³/mol. The lowest BCUT2D eigenvalue weighted by Crippen LogP contribution is -2.30. The van der Waals surface area contributed by atoms with E-state index in [2.05, 4.69) is 277 Å². The molecule has 72 heavy (non-hydrogen) atoms. The van der Waals surface area contributed by atoms with E-state index in [4.69, 9.17) is 0 Å². The Morgan fingerprint density at radius 3 is 1.19 bits per heavy atom. The van der Waals surface area contributed by atoms with Gasteiger partial charge in [0.25, 0.3) is 0 Å². The molecule has 0 saturated heterocycles. The molecule has 0 bridgehead atoms. The van der Waals surface area contributed by atoms with E-state index in [9.17, 15) is 0 Å². The maximum atomic E-state index is 2.50. The summed E-state index contributed by atoms with van der Waals surface area (Å²) in [4.78, 5) is 2.50. The number of fused-ring (bicyclic) bond motifs is 11. The van der Waals surface area contributed by atoms with Crippen molar-refractivity contribution in [3.05, 3.63) is 260 Å². The molecule has 0 amide bonds. The van der Waals surface area contributed by atoms with E-state index in [0.717, 1.165) is 5.69 Å². The van der Waals surface area contributed by atoms with Gasteiger partial charge in [-0.3, -0.25) is 0 Å². The molecule has 3 nitrogen and oxygen atoms in total. The number of hydrogen-bond acceptors (Lipinski definition) is 1. The van der Waals surface area contributed by atoms with E-state index in [-0.39, 0.29) is 5.41 Å². The van der Waals surface area contributed by atoms with Gasteiger partial charge in [0, 0.05) is 43.4 Å². The van der Waals surface area contributed by atoms with Crippen LogP contribution in [0.25, 0.3) is 110 Å². The maximum Gasteiger partial charge on any atom is 0.0547 e. The van der Waals surface area contributed by atoms with E-state index >= 15 is 0 Å². The Morgan fingerprint density at radius 2 is 0.667 bits per heavy atom. The first-order chi connectivity index (χ1) is 35.5. The van der Waals surface area contributed by atoms with E-state index < -0.39 is 0 Å². The SMILES string of the molecule is CC1(C)c2cc(-c3ccc4c5ccccc5n(-c5cccc6ccccc56)c4c3)ccc2N(c2ccc3ccccc3c2)c2ccc(-c3ccc4c5ccccc5n(-c5cccc6ccccc56)c4c3)cc21. The molecule has 338 valence electrons. The van der Waals surface area contributed by atoms with E-state index in [0.29, 0.717) is 0 Å².